The second-order valence-electron chi connectivity index (χ2n) is 4.66. The Morgan fingerprint density at radius 2 is 1.75 bits per heavy atom. The molecule has 2 rings (SSSR count). The SMILES string of the molecule is CCCCc1ccc(-c2cc(OC)c(N)c(OC)c2)o1. The summed E-state index contributed by atoms with van der Waals surface area (Å²) >= 11 is 0. The highest BCUT2D eigenvalue weighted by atomic mass is 16.5. The largest absolute Gasteiger partial charge is 0.494 e. The number of benzene rings is 1. The van der Waals surface area contributed by atoms with E-state index in [0.717, 1.165) is 36.3 Å². The van der Waals surface area contributed by atoms with Crippen molar-refractivity contribution in [3.8, 4) is 22.8 Å². The van der Waals surface area contributed by atoms with E-state index in [-0.39, 0.29) is 0 Å². The molecule has 0 saturated heterocycles. The molecule has 108 valence electrons. The highest BCUT2D eigenvalue weighted by Gasteiger charge is 2.13. The number of nitrogens with two attached hydrogens (primary N) is 1. The average molecular weight is 275 g/mol. The summed E-state index contributed by atoms with van der Waals surface area (Å²) < 4.78 is 16.4. The second kappa shape index (κ2) is 6.37. The second-order valence-corrected chi connectivity index (χ2v) is 4.66. The summed E-state index contributed by atoms with van der Waals surface area (Å²) in [6, 6.07) is 7.70. The van der Waals surface area contributed by atoms with E-state index in [2.05, 4.69) is 6.92 Å². The van der Waals surface area contributed by atoms with Gasteiger partial charge in [-0.3, -0.25) is 0 Å². The molecular formula is C16H21NO3. The number of rotatable bonds is 6. The van der Waals surface area contributed by atoms with Crippen molar-refractivity contribution in [1.29, 1.82) is 0 Å². The summed E-state index contributed by atoms with van der Waals surface area (Å²) in [5, 5.41) is 0. The van der Waals surface area contributed by atoms with Gasteiger partial charge < -0.3 is 19.6 Å². The Kier molecular flexibility index (Phi) is 4.56. The van der Waals surface area contributed by atoms with Crippen LogP contribution >= 0.6 is 0 Å². The molecule has 2 aromatic rings. The van der Waals surface area contributed by atoms with Crippen molar-refractivity contribution in [1.82, 2.24) is 0 Å². The van der Waals surface area contributed by atoms with E-state index in [4.69, 9.17) is 19.6 Å². The molecule has 0 aliphatic heterocycles. The Hall–Kier alpha value is -2.10. The molecule has 20 heavy (non-hydrogen) atoms. The van der Waals surface area contributed by atoms with Crippen LogP contribution in [0.1, 0.15) is 25.5 Å². The highest BCUT2D eigenvalue weighted by molar-refractivity contribution is 5.73. The maximum absolute atomic E-state index is 5.94. The standard InChI is InChI=1S/C16H21NO3/c1-4-5-6-12-7-8-13(20-12)11-9-14(18-2)16(17)15(10-11)19-3/h7-10H,4-6,17H2,1-3H3. The fourth-order valence-corrected chi connectivity index (χ4v) is 2.10. The average Bonchev–Trinajstić information content (AvgIpc) is 2.94. The van der Waals surface area contributed by atoms with Gasteiger partial charge in [0.1, 0.15) is 28.7 Å². The molecule has 1 aromatic carbocycles. The normalized spacial score (nSPS) is 10.6. The van der Waals surface area contributed by atoms with Gasteiger partial charge in [-0.25, -0.2) is 0 Å². The van der Waals surface area contributed by atoms with Gasteiger partial charge in [0.25, 0.3) is 0 Å². The topological polar surface area (TPSA) is 57.6 Å². The van der Waals surface area contributed by atoms with Crippen LogP contribution in [0.2, 0.25) is 0 Å². The van der Waals surface area contributed by atoms with Crippen LogP contribution in [0.4, 0.5) is 5.69 Å². The van der Waals surface area contributed by atoms with Crippen LogP contribution in [0.3, 0.4) is 0 Å². The lowest BCUT2D eigenvalue weighted by Gasteiger charge is -2.11. The molecule has 0 aliphatic carbocycles. The lowest BCUT2D eigenvalue weighted by atomic mass is 10.1. The summed E-state index contributed by atoms with van der Waals surface area (Å²) in [7, 11) is 3.17. The Labute approximate surface area is 119 Å². The van der Waals surface area contributed by atoms with Gasteiger partial charge in [-0.15, -0.1) is 0 Å². The van der Waals surface area contributed by atoms with Gasteiger partial charge in [0.05, 0.1) is 14.2 Å². The maximum Gasteiger partial charge on any atom is 0.146 e. The zero-order valence-electron chi connectivity index (χ0n) is 12.2. The van der Waals surface area contributed by atoms with Crippen molar-refractivity contribution < 1.29 is 13.9 Å². The molecule has 0 spiro atoms. The Bertz CT molecular complexity index is 550. The molecule has 1 aromatic heterocycles. The number of aryl methyl sites for hydroxylation is 1. The quantitative estimate of drug-likeness (QED) is 0.812. The van der Waals surface area contributed by atoms with E-state index < -0.39 is 0 Å². The zero-order valence-corrected chi connectivity index (χ0v) is 12.2. The fourth-order valence-electron chi connectivity index (χ4n) is 2.10. The van der Waals surface area contributed by atoms with Gasteiger partial charge in [-0.05, 0) is 30.7 Å². The van der Waals surface area contributed by atoms with Crippen LogP contribution < -0.4 is 15.2 Å². The number of methoxy groups -OCH3 is 2. The highest BCUT2D eigenvalue weighted by Crippen LogP contribution is 2.37. The van der Waals surface area contributed by atoms with Crippen LogP contribution in [-0.4, -0.2) is 14.2 Å². The van der Waals surface area contributed by atoms with Gasteiger partial charge in [0.15, 0.2) is 0 Å². The third kappa shape index (κ3) is 2.90. The summed E-state index contributed by atoms with van der Waals surface area (Å²) in [4.78, 5) is 0. The molecule has 0 radical (unpaired) electrons. The van der Waals surface area contributed by atoms with E-state index in [1.54, 1.807) is 14.2 Å². The molecule has 2 N–H and O–H groups in total. The van der Waals surface area contributed by atoms with Crippen LogP contribution in [0.15, 0.2) is 28.7 Å². The van der Waals surface area contributed by atoms with E-state index in [1.165, 1.54) is 0 Å². The lowest BCUT2D eigenvalue weighted by Crippen LogP contribution is -1.97. The predicted molar refractivity (Wildman–Crippen MR) is 80.3 cm³/mol. The predicted octanol–water partition coefficient (Wildman–Crippen LogP) is 3.89. The Morgan fingerprint density at radius 3 is 2.30 bits per heavy atom. The molecule has 4 nitrogen and oxygen atoms in total. The molecule has 0 fully saturated rings. The molecule has 0 amide bonds. The van der Waals surface area contributed by atoms with E-state index >= 15 is 0 Å². The van der Waals surface area contributed by atoms with Crippen LogP contribution in [0.5, 0.6) is 11.5 Å². The molecule has 0 unspecified atom stereocenters. The summed E-state index contributed by atoms with van der Waals surface area (Å²) in [6.45, 7) is 2.17. The first-order chi connectivity index (χ1) is 9.69. The maximum atomic E-state index is 5.94. The summed E-state index contributed by atoms with van der Waals surface area (Å²) in [6.07, 6.45) is 3.24. The lowest BCUT2D eigenvalue weighted by molar-refractivity contribution is 0.398. The first kappa shape index (κ1) is 14.3. The Balaban J connectivity index is 2.34. The van der Waals surface area contributed by atoms with Gasteiger partial charge in [0, 0.05) is 12.0 Å². The number of furan rings is 1. The number of unbranched alkanes of at least 4 members (excludes halogenated alkanes) is 1. The van der Waals surface area contributed by atoms with Crippen molar-refractivity contribution in [2.24, 2.45) is 0 Å². The summed E-state index contributed by atoms with van der Waals surface area (Å²) in [5.41, 5.74) is 7.34. The third-order valence-electron chi connectivity index (χ3n) is 3.27. The number of ether oxygens (including phenoxy) is 2. The number of hydrogen-bond donors (Lipinski definition) is 1. The molecule has 0 aliphatic rings. The van der Waals surface area contributed by atoms with Crippen molar-refractivity contribution >= 4 is 5.69 Å². The minimum Gasteiger partial charge on any atom is -0.494 e. The van der Waals surface area contributed by atoms with Gasteiger partial charge in [-0.1, -0.05) is 13.3 Å². The molecular weight excluding hydrogens is 254 g/mol. The molecule has 0 saturated carbocycles. The van der Waals surface area contributed by atoms with E-state index in [0.29, 0.717) is 17.2 Å². The van der Waals surface area contributed by atoms with Crippen LogP contribution in [0.25, 0.3) is 11.3 Å². The van der Waals surface area contributed by atoms with Crippen molar-refractivity contribution in [3.05, 3.63) is 30.0 Å². The molecule has 0 bridgehead atoms. The monoisotopic (exact) mass is 275 g/mol. The van der Waals surface area contributed by atoms with Crippen molar-refractivity contribution in [3.63, 3.8) is 0 Å². The minimum absolute atomic E-state index is 0.497. The number of anilines is 1. The smallest absolute Gasteiger partial charge is 0.146 e. The van der Waals surface area contributed by atoms with E-state index in [9.17, 15) is 0 Å². The minimum atomic E-state index is 0.497. The molecule has 4 heteroatoms. The van der Waals surface area contributed by atoms with Crippen LogP contribution in [-0.2, 0) is 6.42 Å². The first-order valence-electron chi connectivity index (χ1n) is 6.80. The van der Waals surface area contributed by atoms with Gasteiger partial charge >= 0.3 is 0 Å². The van der Waals surface area contributed by atoms with Crippen LogP contribution in [0, 0.1) is 0 Å². The van der Waals surface area contributed by atoms with Gasteiger partial charge in [0.2, 0.25) is 0 Å². The van der Waals surface area contributed by atoms with Gasteiger partial charge in [-0.2, -0.15) is 0 Å². The molecule has 0 atom stereocenters. The number of hydrogen-bond acceptors (Lipinski definition) is 4. The van der Waals surface area contributed by atoms with Crippen molar-refractivity contribution in [2.45, 2.75) is 26.2 Å². The zero-order chi connectivity index (χ0) is 14.5. The summed E-state index contributed by atoms with van der Waals surface area (Å²) in [5.74, 6) is 2.97. The first-order valence-corrected chi connectivity index (χ1v) is 6.80. The number of nitrogen functional groups attached to an aromatic ring is 1. The third-order valence-corrected chi connectivity index (χ3v) is 3.27. The van der Waals surface area contributed by atoms with Crippen molar-refractivity contribution in [2.75, 3.05) is 20.0 Å². The fraction of sp³-hybridized carbons (Fsp3) is 0.375. The Morgan fingerprint density at radius 1 is 1.10 bits per heavy atom. The molecule has 1 heterocycles. The van der Waals surface area contributed by atoms with E-state index in [1.807, 2.05) is 24.3 Å².